The van der Waals surface area contributed by atoms with E-state index in [0.717, 1.165) is 0 Å². The number of benzene rings is 1. The van der Waals surface area contributed by atoms with Crippen molar-refractivity contribution in [1.29, 1.82) is 0 Å². The number of carbonyl (C=O) groups excluding carboxylic acids is 1. The molecule has 0 aliphatic carbocycles. The number of anilines is 1. The van der Waals surface area contributed by atoms with E-state index in [1.807, 2.05) is 0 Å². The van der Waals surface area contributed by atoms with Gasteiger partial charge < -0.3 is 5.11 Å². The lowest BCUT2D eigenvalue weighted by molar-refractivity contribution is -0.148. The largest absolute Gasteiger partial charge is 0.478 e. The molecule has 0 bridgehead atoms. The second-order valence-electron chi connectivity index (χ2n) is 5.61. The van der Waals surface area contributed by atoms with Crippen LogP contribution in [0.2, 0.25) is 0 Å². The van der Waals surface area contributed by atoms with Gasteiger partial charge in [0, 0.05) is 18.4 Å². The predicted octanol–water partition coefficient (Wildman–Crippen LogP) is 0.492. The van der Waals surface area contributed by atoms with E-state index < -0.39 is 17.2 Å². The molecule has 116 valence electrons. The number of rotatable bonds is 1. The monoisotopic (exact) mass is 312 g/mol. The highest BCUT2D eigenvalue weighted by Gasteiger charge is 2.58. The third kappa shape index (κ3) is 1.52. The van der Waals surface area contributed by atoms with Gasteiger partial charge in [0.15, 0.2) is 5.82 Å². The first-order chi connectivity index (χ1) is 11.0. The smallest absolute Gasteiger partial charge is 0.353 e. The fraction of sp³-hybridized carbons (Fsp3) is 0.267. The number of aromatic nitrogens is 3. The third-order valence-electron chi connectivity index (χ3n) is 4.35. The van der Waals surface area contributed by atoms with Crippen molar-refractivity contribution in [2.24, 2.45) is 0 Å². The quantitative estimate of drug-likeness (QED) is 0.821. The number of hydrogen-bond donors (Lipinski definition) is 1. The highest BCUT2D eigenvalue weighted by molar-refractivity contribution is 6.07. The third-order valence-corrected chi connectivity index (χ3v) is 4.35. The van der Waals surface area contributed by atoms with E-state index in [2.05, 4.69) is 10.1 Å². The highest BCUT2D eigenvalue weighted by Crippen LogP contribution is 2.47. The van der Waals surface area contributed by atoms with Crippen LogP contribution in [0, 0.1) is 6.92 Å². The number of carboxylic acids is 1. The second kappa shape index (κ2) is 4.25. The zero-order chi connectivity index (χ0) is 16.4. The van der Waals surface area contributed by atoms with Crippen LogP contribution in [0.1, 0.15) is 18.5 Å². The first-order valence-corrected chi connectivity index (χ1v) is 7.11. The van der Waals surface area contributed by atoms with Crippen LogP contribution in [0.5, 0.6) is 0 Å². The lowest BCUT2D eigenvalue weighted by Gasteiger charge is -2.41. The molecule has 8 heteroatoms. The second-order valence-corrected chi connectivity index (χ2v) is 5.61. The van der Waals surface area contributed by atoms with Crippen LogP contribution in [0.4, 0.5) is 5.69 Å². The summed E-state index contributed by atoms with van der Waals surface area (Å²) in [5, 5.41) is 14.0. The van der Waals surface area contributed by atoms with Crippen molar-refractivity contribution < 1.29 is 14.7 Å². The number of hydrogen-bond acceptors (Lipinski definition) is 5. The van der Waals surface area contributed by atoms with Crippen molar-refractivity contribution in [3.8, 4) is 11.4 Å². The molecular formula is C15H12N4O4. The van der Waals surface area contributed by atoms with E-state index in [4.69, 9.17) is 0 Å². The van der Waals surface area contributed by atoms with Crippen molar-refractivity contribution in [3.05, 3.63) is 40.3 Å². The molecule has 1 aromatic heterocycles. The minimum absolute atomic E-state index is 0.0689. The lowest BCUT2D eigenvalue weighted by Crippen LogP contribution is -2.58. The Morgan fingerprint density at radius 2 is 2.04 bits per heavy atom. The maximum atomic E-state index is 12.4. The van der Waals surface area contributed by atoms with Gasteiger partial charge in [-0.2, -0.15) is 10.1 Å². The summed E-state index contributed by atoms with van der Waals surface area (Å²) in [5.74, 6) is -1.32. The summed E-state index contributed by atoms with van der Waals surface area (Å²) in [7, 11) is 0. The van der Waals surface area contributed by atoms with E-state index in [-0.39, 0.29) is 30.3 Å². The molecular weight excluding hydrogens is 300 g/mol. The van der Waals surface area contributed by atoms with Crippen LogP contribution in [-0.2, 0) is 15.3 Å². The van der Waals surface area contributed by atoms with Gasteiger partial charge in [0.2, 0.25) is 11.6 Å². The standard InChI is InChI=1S/C15H12N4O4/c1-8-13(21)16-12-9-4-2-3-5-10(9)18-11(20)6-7-15(18,14(22)23)19(12)17-8/h2-5H,6-7H2,1H3,(H,22,23)/t15-/m0/s1. The van der Waals surface area contributed by atoms with E-state index in [0.29, 0.717) is 11.3 Å². The van der Waals surface area contributed by atoms with Gasteiger partial charge in [-0.15, -0.1) is 0 Å². The first-order valence-electron chi connectivity index (χ1n) is 7.11. The summed E-state index contributed by atoms with van der Waals surface area (Å²) in [6.45, 7) is 1.47. The Bertz CT molecular complexity index is 935. The Morgan fingerprint density at radius 1 is 1.30 bits per heavy atom. The molecule has 4 rings (SSSR count). The number of para-hydroxylation sites is 1. The van der Waals surface area contributed by atoms with Gasteiger partial charge in [0.25, 0.3) is 5.56 Å². The van der Waals surface area contributed by atoms with Crippen molar-refractivity contribution in [3.63, 3.8) is 0 Å². The molecule has 23 heavy (non-hydrogen) atoms. The Balaban J connectivity index is 2.18. The zero-order valence-corrected chi connectivity index (χ0v) is 12.2. The fourth-order valence-electron chi connectivity index (χ4n) is 3.29. The van der Waals surface area contributed by atoms with Crippen LogP contribution < -0.4 is 10.5 Å². The maximum absolute atomic E-state index is 12.4. The molecule has 1 aromatic carbocycles. The van der Waals surface area contributed by atoms with E-state index >= 15 is 0 Å². The van der Waals surface area contributed by atoms with Crippen LogP contribution in [0.15, 0.2) is 29.1 Å². The first kappa shape index (κ1) is 13.6. The fourth-order valence-corrected chi connectivity index (χ4v) is 3.29. The van der Waals surface area contributed by atoms with Gasteiger partial charge in [-0.1, -0.05) is 12.1 Å². The molecule has 0 saturated carbocycles. The molecule has 1 amide bonds. The predicted molar refractivity (Wildman–Crippen MR) is 78.8 cm³/mol. The molecule has 3 heterocycles. The molecule has 1 fully saturated rings. The van der Waals surface area contributed by atoms with Crippen molar-refractivity contribution in [1.82, 2.24) is 14.8 Å². The molecule has 8 nitrogen and oxygen atoms in total. The molecule has 2 aliphatic heterocycles. The van der Waals surface area contributed by atoms with E-state index in [1.165, 1.54) is 16.5 Å². The molecule has 2 aliphatic rings. The summed E-state index contributed by atoms with van der Waals surface area (Å²) in [6, 6.07) is 6.81. The Morgan fingerprint density at radius 3 is 2.78 bits per heavy atom. The van der Waals surface area contributed by atoms with E-state index in [1.54, 1.807) is 24.3 Å². The van der Waals surface area contributed by atoms with Gasteiger partial charge in [0.05, 0.1) is 5.69 Å². The van der Waals surface area contributed by atoms with E-state index in [9.17, 15) is 19.5 Å². The number of aliphatic carboxylic acids is 1. The minimum atomic E-state index is -1.67. The normalized spacial score (nSPS) is 21.6. The van der Waals surface area contributed by atoms with Gasteiger partial charge >= 0.3 is 5.97 Å². The lowest BCUT2D eigenvalue weighted by atomic mass is 10.00. The minimum Gasteiger partial charge on any atom is -0.478 e. The maximum Gasteiger partial charge on any atom is 0.353 e. The van der Waals surface area contributed by atoms with Crippen LogP contribution in [0.25, 0.3) is 11.4 Å². The van der Waals surface area contributed by atoms with Crippen molar-refractivity contribution in [2.45, 2.75) is 25.4 Å². The average molecular weight is 312 g/mol. The molecule has 0 radical (unpaired) electrons. The molecule has 0 spiro atoms. The molecule has 2 aromatic rings. The summed E-state index contributed by atoms with van der Waals surface area (Å²) < 4.78 is 1.21. The number of fused-ring (bicyclic) bond motifs is 6. The summed E-state index contributed by atoms with van der Waals surface area (Å²) in [6.07, 6.45) is 0.159. The number of carboxylic acid groups (broad SMARTS) is 1. The van der Waals surface area contributed by atoms with Gasteiger partial charge in [-0.05, 0) is 19.1 Å². The number of nitrogens with zero attached hydrogens (tertiary/aromatic N) is 4. The Labute approximate surface area is 130 Å². The number of carbonyl (C=O) groups is 2. The summed E-state index contributed by atoms with van der Waals surface area (Å²) in [4.78, 5) is 41.7. The Kier molecular flexibility index (Phi) is 2.52. The van der Waals surface area contributed by atoms with Crippen LogP contribution in [-0.4, -0.2) is 31.7 Å². The Hall–Kier alpha value is -3.03. The number of amides is 1. The van der Waals surface area contributed by atoms with Crippen LogP contribution >= 0.6 is 0 Å². The molecule has 1 atom stereocenters. The summed E-state index contributed by atoms with van der Waals surface area (Å²) in [5.41, 5.74) is -1.14. The highest BCUT2D eigenvalue weighted by atomic mass is 16.4. The van der Waals surface area contributed by atoms with Gasteiger partial charge in [-0.25, -0.2) is 9.48 Å². The van der Waals surface area contributed by atoms with Crippen molar-refractivity contribution >= 4 is 17.6 Å². The average Bonchev–Trinajstić information content (AvgIpc) is 2.88. The molecule has 1 N–H and O–H groups in total. The van der Waals surface area contributed by atoms with Crippen LogP contribution in [0.3, 0.4) is 0 Å². The molecule has 0 unspecified atom stereocenters. The SMILES string of the molecule is Cc1nn2c(nc1=O)-c1ccccc1N1C(=O)CC[C@]12C(=O)O. The van der Waals surface area contributed by atoms with Gasteiger partial charge in [0.1, 0.15) is 5.69 Å². The summed E-state index contributed by atoms with van der Waals surface area (Å²) >= 11 is 0. The van der Waals surface area contributed by atoms with Crippen molar-refractivity contribution in [2.75, 3.05) is 4.90 Å². The topological polar surface area (TPSA) is 105 Å². The zero-order valence-electron chi connectivity index (χ0n) is 12.2. The number of aryl methyl sites for hydroxylation is 1. The molecule has 1 saturated heterocycles. The van der Waals surface area contributed by atoms with Gasteiger partial charge in [-0.3, -0.25) is 14.5 Å².